The van der Waals surface area contributed by atoms with Gasteiger partial charge in [0, 0.05) is 6.42 Å². The molecule has 0 spiro atoms. The lowest BCUT2D eigenvalue weighted by atomic mass is 10.0. The molecule has 116 valence electrons. The molecule has 0 aromatic rings. The van der Waals surface area contributed by atoms with Crippen molar-refractivity contribution in [1.82, 2.24) is 0 Å². The van der Waals surface area contributed by atoms with Crippen molar-refractivity contribution in [2.24, 2.45) is 0 Å². The van der Waals surface area contributed by atoms with Gasteiger partial charge in [0.1, 0.15) is 0 Å². The van der Waals surface area contributed by atoms with E-state index < -0.39 is 44.7 Å². The number of hydrogen-bond donors (Lipinski definition) is 1. The number of hydrogen-bond acceptors (Lipinski definition) is 1. The zero-order chi connectivity index (χ0) is 15.9. The van der Waals surface area contributed by atoms with E-state index in [9.17, 15) is 39.5 Å². The quantitative estimate of drug-likeness (QED) is 0.598. The highest BCUT2D eigenvalue weighted by molar-refractivity contribution is 6.69. The van der Waals surface area contributed by atoms with Crippen molar-refractivity contribution in [3.05, 3.63) is 0 Å². The topological polar surface area (TPSA) is 20.2 Å². The van der Waals surface area contributed by atoms with Crippen LogP contribution >= 0.6 is 0 Å². The molecule has 11 heteroatoms. The first-order chi connectivity index (χ1) is 7.96. The van der Waals surface area contributed by atoms with Gasteiger partial charge < -0.3 is 4.80 Å². The summed E-state index contributed by atoms with van der Waals surface area (Å²) < 4.78 is 111. The Balaban J connectivity index is 5.28. The largest absolute Gasteiger partial charge is 0.460 e. The Morgan fingerprint density at radius 3 is 1.42 bits per heavy atom. The molecule has 0 aliphatic rings. The summed E-state index contributed by atoms with van der Waals surface area (Å²) in [5.41, 5.74) is 0. The molecular formula is C8H11F9OSi. The zero-order valence-electron chi connectivity index (χ0n) is 9.76. The van der Waals surface area contributed by atoms with E-state index in [0.717, 1.165) is 13.1 Å². The van der Waals surface area contributed by atoms with E-state index in [2.05, 4.69) is 0 Å². The van der Waals surface area contributed by atoms with Gasteiger partial charge in [0.25, 0.3) is 0 Å². The van der Waals surface area contributed by atoms with Gasteiger partial charge in [-0.25, -0.2) is 0 Å². The third kappa shape index (κ3) is 3.77. The van der Waals surface area contributed by atoms with E-state index in [1.165, 1.54) is 0 Å². The van der Waals surface area contributed by atoms with Crippen LogP contribution in [0.3, 0.4) is 0 Å². The maximum Gasteiger partial charge on any atom is 0.460 e. The minimum atomic E-state index is -6.86. The van der Waals surface area contributed by atoms with Crippen LogP contribution in [-0.2, 0) is 0 Å². The highest BCUT2D eigenvalue weighted by Crippen LogP contribution is 2.54. The van der Waals surface area contributed by atoms with Crippen molar-refractivity contribution < 1.29 is 44.3 Å². The van der Waals surface area contributed by atoms with Gasteiger partial charge in [-0.3, -0.25) is 0 Å². The Kier molecular flexibility index (Phi) is 4.71. The van der Waals surface area contributed by atoms with Crippen LogP contribution in [-0.4, -0.2) is 37.1 Å². The third-order valence-electron chi connectivity index (χ3n) is 2.26. The molecule has 0 saturated heterocycles. The lowest BCUT2D eigenvalue weighted by molar-refractivity contribution is -0.396. The second-order valence-corrected chi connectivity index (χ2v) is 8.79. The van der Waals surface area contributed by atoms with Crippen molar-refractivity contribution >= 4 is 8.32 Å². The smallest absolute Gasteiger partial charge is 0.432 e. The zero-order valence-corrected chi connectivity index (χ0v) is 10.8. The predicted octanol–water partition coefficient (Wildman–Crippen LogP) is 4.04. The molecule has 0 aliphatic heterocycles. The molecule has 0 aromatic heterocycles. The Morgan fingerprint density at radius 1 is 0.789 bits per heavy atom. The molecule has 1 N–H and O–H groups in total. The van der Waals surface area contributed by atoms with E-state index >= 15 is 0 Å². The Labute approximate surface area is 103 Å². The Morgan fingerprint density at radius 2 is 1.16 bits per heavy atom. The highest BCUT2D eigenvalue weighted by Gasteiger charge is 2.81. The van der Waals surface area contributed by atoms with E-state index in [0.29, 0.717) is 0 Å². The van der Waals surface area contributed by atoms with Crippen molar-refractivity contribution in [2.75, 3.05) is 0 Å². The molecule has 0 rings (SSSR count). The molecule has 0 unspecified atom stereocenters. The molecule has 0 saturated carbocycles. The molecule has 1 nitrogen and oxygen atoms in total. The Hall–Kier alpha value is -0.453. The summed E-state index contributed by atoms with van der Waals surface area (Å²) in [6.45, 7) is 2.12. The van der Waals surface area contributed by atoms with Gasteiger partial charge in [0.2, 0.25) is 0 Å². The van der Waals surface area contributed by atoms with Gasteiger partial charge in [-0.05, 0) is 19.1 Å². The van der Waals surface area contributed by atoms with Gasteiger partial charge in [-0.1, -0.05) is 0 Å². The molecule has 0 aliphatic carbocycles. The second-order valence-electron chi connectivity index (χ2n) is 4.66. The van der Waals surface area contributed by atoms with E-state index in [4.69, 9.17) is 4.80 Å². The van der Waals surface area contributed by atoms with Gasteiger partial charge >= 0.3 is 23.9 Å². The molecule has 0 radical (unpaired) electrons. The van der Waals surface area contributed by atoms with Gasteiger partial charge in [0.15, 0.2) is 8.32 Å². The summed E-state index contributed by atoms with van der Waals surface area (Å²) in [6, 6.07) is -0.941. The van der Waals surface area contributed by atoms with Crippen LogP contribution < -0.4 is 0 Å². The van der Waals surface area contributed by atoms with E-state index in [1.807, 2.05) is 0 Å². The molecule has 0 aromatic carbocycles. The monoisotopic (exact) mass is 322 g/mol. The van der Waals surface area contributed by atoms with Crippen LogP contribution in [0.1, 0.15) is 6.42 Å². The van der Waals surface area contributed by atoms with Crippen LogP contribution in [0.25, 0.3) is 0 Å². The maximum absolute atomic E-state index is 12.9. The fraction of sp³-hybridized carbons (Fsp3) is 1.00. The van der Waals surface area contributed by atoms with Crippen molar-refractivity contribution in [3.63, 3.8) is 0 Å². The van der Waals surface area contributed by atoms with Crippen LogP contribution in [0.15, 0.2) is 0 Å². The summed E-state index contributed by atoms with van der Waals surface area (Å²) in [7, 11) is -3.29. The highest BCUT2D eigenvalue weighted by atomic mass is 28.4. The fourth-order valence-corrected chi connectivity index (χ4v) is 1.95. The van der Waals surface area contributed by atoms with Crippen molar-refractivity contribution in [1.29, 1.82) is 0 Å². The second kappa shape index (κ2) is 4.83. The first-order valence-electron chi connectivity index (χ1n) is 4.88. The average Bonchev–Trinajstić information content (AvgIpc) is 2.11. The third-order valence-corrected chi connectivity index (χ3v) is 3.73. The number of rotatable bonds is 5. The fourth-order valence-electron chi connectivity index (χ4n) is 1.03. The van der Waals surface area contributed by atoms with Gasteiger partial charge in [-0.2, -0.15) is 39.5 Å². The summed E-state index contributed by atoms with van der Waals surface area (Å²) in [5, 5.41) is 0. The standard InChI is InChI=1S/C8H11F9OSi/c1-19(2,18)4-3-5(9,10)6(11,12)7(13,14)8(15,16)17/h18H,3-4H2,1-2H3. The molecule has 0 atom stereocenters. The summed E-state index contributed by atoms with van der Waals surface area (Å²) in [5.74, 6) is -19.0. The molecule has 0 amide bonds. The SMILES string of the molecule is C[Si](C)(O)CCC(F)(F)C(F)(F)C(F)(F)C(F)(F)F. The summed E-state index contributed by atoms with van der Waals surface area (Å²) >= 11 is 0. The lowest BCUT2D eigenvalue weighted by Gasteiger charge is -2.34. The van der Waals surface area contributed by atoms with Crippen LogP contribution in [0.5, 0.6) is 0 Å². The van der Waals surface area contributed by atoms with Crippen molar-refractivity contribution in [3.8, 4) is 0 Å². The number of alkyl halides is 9. The summed E-state index contributed by atoms with van der Waals surface area (Å²) in [6.07, 6.45) is -8.76. The average molecular weight is 322 g/mol. The normalized spacial score (nSPS) is 15.8. The van der Waals surface area contributed by atoms with Gasteiger partial charge in [0.05, 0.1) is 0 Å². The molecule has 0 bridgehead atoms. The van der Waals surface area contributed by atoms with Crippen LogP contribution in [0, 0.1) is 0 Å². The minimum Gasteiger partial charge on any atom is -0.432 e. The predicted molar refractivity (Wildman–Crippen MR) is 50.0 cm³/mol. The molecule has 0 fully saturated rings. The van der Waals surface area contributed by atoms with E-state index in [-0.39, 0.29) is 0 Å². The number of halogens is 9. The first kappa shape index (κ1) is 18.5. The van der Waals surface area contributed by atoms with Crippen LogP contribution in [0.2, 0.25) is 19.1 Å². The molecule has 0 heterocycles. The first-order valence-corrected chi connectivity index (χ1v) is 8.04. The van der Waals surface area contributed by atoms with Crippen molar-refractivity contribution in [2.45, 2.75) is 49.5 Å². The molecule has 19 heavy (non-hydrogen) atoms. The molecular weight excluding hydrogens is 311 g/mol. The summed E-state index contributed by atoms with van der Waals surface area (Å²) in [4.78, 5) is 9.16. The van der Waals surface area contributed by atoms with E-state index in [1.54, 1.807) is 0 Å². The lowest BCUT2D eigenvalue weighted by Crippen LogP contribution is -2.61. The maximum atomic E-state index is 12.9. The Bertz CT molecular complexity index is 317. The minimum absolute atomic E-state index is 0.941. The van der Waals surface area contributed by atoms with Gasteiger partial charge in [-0.15, -0.1) is 0 Å². The van der Waals surface area contributed by atoms with Crippen LogP contribution in [0.4, 0.5) is 39.5 Å².